The summed E-state index contributed by atoms with van der Waals surface area (Å²) in [4.78, 5) is 14.5. The van der Waals surface area contributed by atoms with Crippen molar-refractivity contribution in [1.82, 2.24) is 4.98 Å². The van der Waals surface area contributed by atoms with E-state index >= 15 is 0 Å². The minimum absolute atomic E-state index is 0.0451. The van der Waals surface area contributed by atoms with E-state index in [0.717, 1.165) is 12.5 Å². The molecule has 0 unspecified atom stereocenters. The minimum atomic E-state index is -0.731. The summed E-state index contributed by atoms with van der Waals surface area (Å²) in [6.07, 6.45) is 1.45. The number of hydrogen-bond donors (Lipinski definition) is 1. The van der Waals surface area contributed by atoms with Crippen molar-refractivity contribution < 1.29 is 8.78 Å². The summed E-state index contributed by atoms with van der Waals surface area (Å²) in [5, 5.41) is -0.239. The molecule has 0 amide bonds. The van der Waals surface area contributed by atoms with Gasteiger partial charge < -0.3 is 4.98 Å². The molecule has 0 bridgehead atoms. The lowest BCUT2D eigenvalue weighted by Gasteiger charge is -2.06. The highest BCUT2D eigenvalue weighted by Crippen LogP contribution is 2.24. The molecule has 2 nitrogen and oxygen atoms in total. The van der Waals surface area contributed by atoms with Crippen LogP contribution in [0.4, 0.5) is 8.78 Å². The molecule has 0 aliphatic heterocycles. The first-order valence-electron chi connectivity index (χ1n) is 5.24. The van der Waals surface area contributed by atoms with E-state index in [0.29, 0.717) is 12.1 Å². The van der Waals surface area contributed by atoms with E-state index in [1.165, 1.54) is 6.07 Å². The second kappa shape index (κ2) is 4.56. The fourth-order valence-corrected chi connectivity index (χ4v) is 2.18. The molecule has 0 saturated heterocycles. The van der Waals surface area contributed by atoms with Gasteiger partial charge in [-0.25, -0.2) is 8.78 Å². The van der Waals surface area contributed by atoms with Crippen LogP contribution in [0.15, 0.2) is 21.4 Å². The Kier molecular flexibility index (Phi) is 3.28. The molecule has 0 aliphatic carbocycles. The number of halogens is 3. The lowest BCUT2D eigenvalue weighted by atomic mass is 10.1. The van der Waals surface area contributed by atoms with Crippen LogP contribution >= 0.6 is 15.9 Å². The van der Waals surface area contributed by atoms with Crippen LogP contribution in [0.5, 0.6) is 0 Å². The van der Waals surface area contributed by atoms with E-state index in [9.17, 15) is 13.6 Å². The maximum atomic E-state index is 13.7. The molecule has 0 fully saturated rings. The Labute approximate surface area is 105 Å². The van der Waals surface area contributed by atoms with Crippen LogP contribution in [0, 0.1) is 11.6 Å². The van der Waals surface area contributed by atoms with Gasteiger partial charge in [0.05, 0.1) is 15.4 Å². The molecular formula is C12H10BrF2NO. The summed E-state index contributed by atoms with van der Waals surface area (Å²) in [5.41, 5.74) is 0.0483. The minimum Gasteiger partial charge on any atom is -0.356 e. The first-order valence-corrected chi connectivity index (χ1v) is 6.03. The average molecular weight is 302 g/mol. The van der Waals surface area contributed by atoms with Crippen LogP contribution in [0.1, 0.15) is 19.0 Å². The van der Waals surface area contributed by atoms with Crippen LogP contribution in [0.2, 0.25) is 0 Å². The fourth-order valence-electron chi connectivity index (χ4n) is 1.78. The number of H-pyrrole nitrogens is 1. The number of aromatic amines is 1. The average Bonchev–Trinajstić information content (AvgIpc) is 2.26. The number of aryl methyl sites for hydroxylation is 1. The highest BCUT2D eigenvalue weighted by Gasteiger charge is 2.14. The van der Waals surface area contributed by atoms with E-state index in [4.69, 9.17) is 0 Å². The van der Waals surface area contributed by atoms with Gasteiger partial charge in [0, 0.05) is 11.8 Å². The third-order valence-electron chi connectivity index (χ3n) is 2.53. The van der Waals surface area contributed by atoms with E-state index in [2.05, 4.69) is 20.9 Å². The monoisotopic (exact) mass is 301 g/mol. The highest BCUT2D eigenvalue weighted by atomic mass is 79.9. The Hall–Kier alpha value is -1.23. The predicted molar refractivity (Wildman–Crippen MR) is 66.2 cm³/mol. The summed E-state index contributed by atoms with van der Waals surface area (Å²) < 4.78 is 27.3. The smallest absolute Gasteiger partial charge is 0.192 e. The molecule has 2 rings (SSSR count). The Morgan fingerprint density at radius 1 is 1.35 bits per heavy atom. The second-order valence-corrected chi connectivity index (χ2v) is 4.67. The van der Waals surface area contributed by atoms with Crippen molar-refractivity contribution in [1.29, 1.82) is 0 Å². The maximum Gasteiger partial charge on any atom is 0.192 e. The van der Waals surface area contributed by atoms with Crippen LogP contribution < -0.4 is 5.43 Å². The topological polar surface area (TPSA) is 32.9 Å². The first kappa shape index (κ1) is 12.2. The van der Waals surface area contributed by atoms with E-state index < -0.39 is 17.1 Å². The van der Waals surface area contributed by atoms with Crippen molar-refractivity contribution in [3.8, 4) is 0 Å². The molecule has 1 heterocycles. The number of rotatable bonds is 2. The molecule has 0 atom stereocenters. The Morgan fingerprint density at radius 3 is 2.71 bits per heavy atom. The van der Waals surface area contributed by atoms with Crippen LogP contribution in [0.3, 0.4) is 0 Å². The zero-order valence-corrected chi connectivity index (χ0v) is 10.7. The predicted octanol–water partition coefficient (Wildman–Crippen LogP) is 3.52. The third-order valence-corrected chi connectivity index (χ3v) is 3.11. The number of nitrogens with one attached hydrogen (secondary N) is 1. The van der Waals surface area contributed by atoms with Gasteiger partial charge in [-0.3, -0.25) is 4.79 Å². The van der Waals surface area contributed by atoms with E-state index in [1.807, 2.05) is 6.92 Å². The molecule has 17 heavy (non-hydrogen) atoms. The Morgan fingerprint density at radius 2 is 2.06 bits per heavy atom. The lowest BCUT2D eigenvalue weighted by molar-refractivity contribution is 0.608. The van der Waals surface area contributed by atoms with Crippen molar-refractivity contribution >= 4 is 26.8 Å². The normalized spacial score (nSPS) is 11.1. The van der Waals surface area contributed by atoms with Gasteiger partial charge in [-0.05, 0) is 28.4 Å². The molecular weight excluding hydrogens is 292 g/mol. The molecule has 0 saturated carbocycles. The molecule has 1 aromatic carbocycles. The van der Waals surface area contributed by atoms with Gasteiger partial charge in [-0.2, -0.15) is 0 Å². The summed E-state index contributed by atoms with van der Waals surface area (Å²) in [6, 6.07) is 2.34. The number of fused-ring (bicyclic) bond motifs is 1. The number of hydrogen-bond acceptors (Lipinski definition) is 1. The summed E-state index contributed by atoms with van der Waals surface area (Å²) in [7, 11) is 0. The Bertz CT molecular complexity index is 636. The van der Waals surface area contributed by atoms with Gasteiger partial charge in [0.25, 0.3) is 0 Å². The summed E-state index contributed by atoms with van der Waals surface area (Å²) in [6.45, 7) is 1.95. The van der Waals surface area contributed by atoms with Gasteiger partial charge in [-0.15, -0.1) is 0 Å². The highest BCUT2D eigenvalue weighted by molar-refractivity contribution is 9.10. The number of aromatic nitrogens is 1. The van der Waals surface area contributed by atoms with Gasteiger partial charge in [0.15, 0.2) is 11.2 Å². The molecule has 0 radical (unpaired) electrons. The standard InChI is InChI=1S/C12H10BrF2NO/c1-2-3-6-4-9(17)10-11(15)7(13)5-8(14)12(10)16-6/h4-5H,2-3H2,1H3,(H,16,17). The van der Waals surface area contributed by atoms with Crippen molar-refractivity contribution in [2.24, 2.45) is 0 Å². The van der Waals surface area contributed by atoms with Crippen molar-refractivity contribution in [3.05, 3.63) is 44.2 Å². The van der Waals surface area contributed by atoms with Crippen molar-refractivity contribution in [2.45, 2.75) is 19.8 Å². The first-order chi connectivity index (χ1) is 8.04. The zero-order valence-electron chi connectivity index (χ0n) is 9.11. The second-order valence-electron chi connectivity index (χ2n) is 3.81. The zero-order chi connectivity index (χ0) is 12.6. The fraction of sp³-hybridized carbons (Fsp3) is 0.250. The van der Waals surface area contributed by atoms with Crippen LogP contribution in [-0.4, -0.2) is 4.98 Å². The molecule has 0 spiro atoms. The third kappa shape index (κ3) is 2.11. The maximum absolute atomic E-state index is 13.7. The van der Waals surface area contributed by atoms with Gasteiger partial charge >= 0.3 is 0 Å². The largest absolute Gasteiger partial charge is 0.356 e. The van der Waals surface area contributed by atoms with E-state index in [1.54, 1.807) is 0 Å². The SMILES string of the molecule is CCCc1cc(=O)c2c(F)c(Br)cc(F)c2[nH]1. The van der Waals surface area contributed by atoms with Crippen LogP contribution in [-0.2, 0) is 6.42 Å². The van der Waals surface area contributed by atoms with Gasteiger partial charge in [-0.1, -0.05) is 13.3 Å². The number of pyridine rings is 1. The molecule has 2 aromatic rings. The molecule has 5 heteroatoms. The number of benzene rings is 1. The lowest BCUT2D eigenvalue weighted by Crippen LogP contribution is -2.08. The molecule has 1 aromatic heterocycles. The van der Waals surface area contributed by atoms with Crippen molar-refractivity contribution in [3.63, 3.8) is 0 Å². The quantitative estimate of drug-likeness (QED) is 0.846. The Balaban J connectivity index is 2.86. The van der Waals surface area contributed by atoms with Gasteiger partial charge in [0.1, 0.15) is 5.82 Å². The molecule has 1 N–H and O–H groups in total. The van der Waals surface area contributed by atoms with Gasteiger partial charge in [0.2, 0.25) is 0 Å². The van der Waals surface area contributed by atoms with Crippen molar-refractivity contribution in [2.75, 3.05) is 0 Å². The summed E-state index contributed by atoms with van der Waals surface area (Å²) >= 11 is 2.88. The molecule has 90 valence electrons. The molecule has 0 aliphatic rings. The van der Waals surface area contributed by atoms with Crippen LogP contribution in [0.25, 0.3) is 10.9 Å². The summed E-state index contributed by atoms with van der Waals surface area (Å²) in [5.74, 6) is -1.37. The van der Waals surface area contributed by atoms with E-state index in [-0.39, 0.29) is 15.4 Å².